The Morgan fingerprint density at radius 1 is 1.30 bits per heavy atom. The van der Waals surface area contributed by atoms with Crippen molar-refractivity contribution in [3.8, 4) is 5.75 Å². The molecular weight excluding hydrogens is 276 g/mol. The predicted molar refractivity (Wildman–Crippen MR) is 82.3 cm³/mol. The number of nitrogens with zero attached hydrogens (tertiary/aromatic N) is 1. The summed E-state index contributed by atoms with van der Waals surface area (Å²) in [4.78, 5) is 14.1. The second-order valence-electron chi connectivity index (χ2n) is 5.24. The average Bonchev–Trinajstić information content (AvgIpc) is 2.41. The normalized spacial score (nSPS) is 17.2. The van der Waals surface area contributed by atoms with E-state index in [-0.39, 0.29) is 24.4 Å². The number of rotatable bonds is 3. The quantitative estimate of drug-likeness (QED) is 0.930. The monoisotopic (exact) mass is 298 g/mol. The number of hydrogen-bond acceptors (Lipinski definition) is 3. The van der Waals surface area contributed by atoms with Crippen LogP contribution in [-0.2, 0) is 4.79 Å². The molecule has 0 bridgehead atoms. The standard InChI is InChI=1S/C15H22N2O2.ClH/c1-11-3-5-14(6-4-11)19-12(2)15(18)17-9-7-13(16)8-10-17;/h3-6,12-13H,7-10,16H2,1-2H3;1H. The van der Waals surface area contributed by atoms with E-state index in [1.54, 1.807) is 6.92 Å². The fourth-order valence-corrected chi connectivity index (χ4v) is 2.25. The lowest BCUT2D eigenvalue weighted by atomic mass is 10.1. The third-order valence-electron chi connectivity index (χ3n) is 3.53. The van der Waals surface area contributed by atoms with Crippen molar-refractivity contribution in [2.24, 2.45) is 5.73 Å². The maximum atomic E-state index is 12.2. The molecule has 1 saturated heterocycles. The highest BCUT2D eigenvalue weighted by Crippen LogP contribution is 2.16. The fourth-order valence-electron chi connectivity index (χ4n) is 2.25. The van der Waals surface area contributed by atoms with Crippen LogP contribution in [0.25, 0.3) is 0 Å². The summed E-state index contributed by atoms with van der Waals surface area (Å²) < 4.78 is 5.69. The third-order valence-corrected chi connectivity index (χ3v) is 3.53. The zero-order valence-corrected chi connectivity index (χ0v) is 12.9. The summed E-state index contributed by atoms with van der Waals surface area (Å²) in [5.74, 6) is 0.785. The number of benzene rings is 1. The first-order valence-electron chi connectivity index (χ1n) is 6.84. The third kappa shape index (κ3) is 4.39. The summed E-state index contributed by atoms with van der Waals surface area (Å²) in [5, 5.41) is 0. The number of carbonyl (C=O) groups is 1. The molecule has 5 heteroatoms. The summed E-state index contributed by atoms with van der Waals surface area (Å²) in [7, 11) is 0. The molecule has 20 heavy (non-hydrogen) atoms. The molecule has 1 aromatic carbocycles. The van der Waals surface area contributed by atoms with Crippen LogP contribution in [-0.4, -0.2) is 36.0 Å². The highest BCUT2D eigenvalue weighted by molar-refractivity contribution is 5.85. The van der Waals surface area contributed by atoms with Crippen LogP contribution >= 0.6 is 12.4 Å². The van der Waals surface area contributed by atoms with Crippen LogP contribution in [0.1, 0.15) is 25.3 Å². The molecule has 112 valence electrons. The maximum absolute atomic E-state index is 12.2. The lowest BCUT2D eigenvalue weighted by molar-refractivity contribution is -0.139. The summed E-state index contributed by atoms with van der Waals surface area (Å²) in [6.07, 6.45) is 1.31. The van der Waals surface area contributed by atoms with Gasteiger partial charge in [-0.1, -0.05) is 17.7 Å². The average molecular weight is 299 g/mol. The van der Waals surface area contributed by atoms with E-state index in [0.717, 1.165) is 31.7 Å². The molecule has 1 amide bonds. The largest absolute Gasteiger partial charge is 0.481 e. The van der Waals surface area contributed by atoms with Gasteiger partial charge < -0.3 is 15.4 Å². The second-order valence-corrected chi connectivity index (χ2v) is 5.24. The molecule has 1 aromatic rings. The van der Waals surface area contributed by atoms with Gasteiger partial charge in [-0.25, -0.2) is 0 Å². The molecule has 1 unspecified atom stereocenters. The van der Waals surface area contributed by atoms with E-state index >= 15 is 0 Å². The first kappa shape index (κ1) is 16.8. The van der Waals surface area contributed by atoms with E-state index < -0.39 is 6.10 Å². The van der Waals surface area contributed by atoms with Crippen LogP contribution in [0.4, 0.5) is 0 Å². The Bertz CT molecular complexity index is 428. The molecule has 1 atom stereocenters. The maximum Gasteiger partial charge on any atom is 0.263 e. The van der Waals surface area contributed by atoms with Gasteiger partial charge in [0.15, 0.2) is 6.10 Å². The van der Waals surface area contributed by atoms with E-state index in [2.05, 4.69) is 0 Å². The van der Waals surface area contributed by atoms with Crippen molar-refractivity contribution in [2.45, 2.75) is 38.8 Å². The number of likely N-dealkylation sites (tertiary alicyclic amines) is 1. The van der Waals surface area contributed by atoms with Crippen LogP contribution in [0, 0.1) is 6.92 Å². The molecule has 1 heterocycles. The van der Waals surface area contributed by atoms with Gasteiger partial charge in [0, 0.05) is 19.1 Å². The minimum absolute atomic E-state index is 0. The van der Waals surface area contributed by atoms with Gasteiger partial charge in [0.1, 0.15) is 5.75 Å². The Labute approximate surface area is 126 Å². The highest BCUT2D eigenvalue weighted by atomic mass is 35.5. The predicted octanol–water partition coefficient (Wildman–Crippen LogP) is 2.13. The van der Waals surface area contributed by atoms with Gasteiger partial charge in [-0.05, 0) is 38.8 Å². The lowest BCUT2D eigenvalue weighted by Crippen LogP contribution is -2.47. The zero-order chi connectivity index (χ0) is 13.8. The van der Waals surface area contributed by atoms with Gasteiger partial charge in [-0.3, -0.25) is 4.79 Å². The smallest absolute Gasteiger partial charge is 0.263 e. The fraction of sp³-hybridized carbons (Fsp3) is 0.533. The summed E-state index contributed by atoms with van der Waals surface area (Å²) in [5.41, 5.74) is 7.02. The number of piperidine rings is 1. The summed E-state index contributed by atoms with van der Waals surface area (Å²) in [6.45, 7) is 5.30. The van der Waals surface area contributed by atoms with E-state index in [9.17, 15) is 4.79 Å². The first-order chi connectivity index (χ1) is 9.06. The molecule has 1 aliphatic rings. The molecule has 0 radical (unpaired) electrons. The van der Waals surface area contributed by atoms with Gasteiger partial charge in [0.2, 0.25) is 0 Å². The van der Waals surface area contributed by atoms with Gasteiger partial charge in [0.05, 0.1) is 0 Å². The minimum atomic E-state index is -0.447. The van der Waals surface area contributed by atoms with E-state index in [0.29, 0.717) is 0 Å². The number of aryl methyl sites for hydroxylation is 1. The van der Waals surface area contributed by atoms with Crippen molar-refractivity contribution in [3.63, 3.8) is 0 Å². The van der Waals surface area contributed by atoms with E-state index in [1.807, 2.05) is 36.1 Å². The molecule has 1 fully saturated rings. The number of carbonyl (C=O) groups excluding carboxylic acids is 1. The lowest BCUT2D eigenvalue weighted by Gasteiger charge is -2.32. The van der Waals surface area contributed by atoms with Gasteiger partial charge >= 0.3 is 0 Å². The SMILES string of the molecule is Cc1ccc(OC(C)C(=O)N2CCC(N)CC2)cc1.Cl. The Morgan fingerprint density at radius 3 is 2.40 bits per heavy atom. The Balaban J connectivity index is 0.00000200. The molecule has 0 aromatic heterocycles. The minimum Gasteiger partial charge on any atom is -0.481 e. The van der Waals surface area contributed by atoms with Crippen LogP contribution in [0.5, 0.6) is 5.75 Å². The highest BCUT2D eigenvalue weighted by Gasteiger charge is 2.25. The Hall–Kier alpha value is -1.26. The van der Waals surface area contributed by atoms with E-state index in [4.69, 9.17) is 10.5 Å². The molecule has 1 aliphatic heterocycles. The number of hydrogen-bond donors (Lipinski definition) is 1. The van der Waals surface area contributed by atoms with Gasteiger partial charge in [0.25, 0.3) is 5.91 Å². The van der Waals surface area contributed by atoms with Crippen molar-refractivity contribution in [1.29, 1.82) is 0 Å². The molecular formula is C15H23ClN2O2. The Morgan fingerprint density at radius 2 is 1.85 bits per heavy atom. The van der Waals surface area contributed by atoms with E-state index in [1.165, 1.54) is 5.56 Å². The topological polar surface area (TPSA) is 55.6 Å². The molecule has 4 nitrogen and oxygen atoms in total. The molecule has 0 saturated carbocycles. The van der Waals surface area contributed by atoms with Crippen LogP contribution < -0.4 is 10.5 Å². The molecule has 2 N–H and O–H groups in total. The number of ether oxygens (including phenoxy) is 1. The summed E-state index contributed by atoms with van der Waals surface area (Å²) in [6, 6.07) is 7.98. The molecule has 0 aliphatic carbocycles. The number of nitrogens with two attached hydrogens (primary N) is 1. The molecule has 2 rings (SSSR count). The molecule has 0 spiro atoms. The van der Waals surface area contributed by atoms with Crippen molar-refractivity contribution in [3.05, 3.63) is 29.8 Å². The second kappa shape index (κ2) is 7.50. The number of amides is 1. The van der Waals surface area contributed by atoms with Gasteiger partial charge in [-0.15, -0.1) is 12.4 Å². The van der Waals surface area contributed by atoms with Crippen LogP contribution in [0.3, 0.4) is 0 Å². The van der Waals surface area contributed by atoms with Crippen molar-refractivity contribution in [2.75, 3.05) is 13.1 Å². The van der Waals surface area contributed by atoms with Crippen molar-refractivity contribution in [1.82, 2.24) is 4.90 Å². The Kier molecular flexibility index (Phi) is 6.30. The summed E-state index contributed by atoms with van der Waals surface area (Å²) >= 11 is 0. The van der Waals surface area contributed by atoms with Crippen molar-refractivity contribution >= 4 is 18.3 Å². The van der Waals surface area contributed by atoms with Crippen LogP contribution in [0.2, 0.25) is 0 Å². The number of halogens is 1. The first-order valence-corrected chi connectivity index (χ1v) is 6.84. The van der Waals surface area contributed by atoms with Crippen LogP contribution in [0.15, 0.2) is 24.3 Å². The van der Waals surface area contributed by atoms with Crippen molar-refractivity contribution < 1.29 is 9.53 Å². The van der Waals surface area contributed by atoms with Gasteiger partial charge in [-0.2, -0.15) is 0 Å². The zero-order valence-electron chi connectivity index (χ0n) is 12.0.